The molecule has 0 saturated heterocycles. The highest BCUT2D eigenvalue weighted by atomic mass is 32.1. The van der Waals surface area contributed by atoms with Crippen LogP contribution in [0, 0.1) is 6.92 Å². The molecule has 0 unspecified atom stereocenters. The van der Waals surface area contributed by atoms with Crippen molar-refractivity contribution in [1.82, 2.24) is 19.7 Å². The van der Waals surface area contributed by atoms with E-state index in [4.69, 9.17) is 0 Å². The van der Waals surface area contributed by atoms with Crippen LogP contribution in [0.5, 0.6) is 0 Å². The zero-order valence-electron chi connectivity index (χ0n) is 13.3. The molecule has 1 amide bonds. The minimum atomic E-state index is -1.20. The minimum absolute atomic E-state index is 0.0140. The van der Waals surface area contributed by atoms with Crippen LogP contribution in [0.15, 0.2) is 10.2 Å². The molecule has 0 aromatic carbocycles. The number of aromatic nitrogens is 4. The van der Waals surface area contributed by atoms with Gasteiger partial charge in [-0.1, -0.05) is 18.3 Å². The average Bonchev–Trinajstić information content (AvgIpc) is 3.18. The maximum atomic E-state index is 12.6. The first-order valence-electron chi connectivity index (χ1n) is 7.24. The Morgan fingerprint density at radius 2 is 2.12 bits per heavy atom. The highest BCUT2D eigenvalue weighted by Crippen LogP contribution is 2.21. The van der Waals surface area contributed by atoms with Crippen LogP contribution in [-0.4, -0.2) is 36.7 Å². The molecule has 0 atom stereocenters. The van der Waals surface area contributed by atoms with Crippen molar-refractivity contribution in [2.75, 3.05) is 5.32 Å². The molecule has 9 nitrogen and oxygen atoms in total. The van der Waals surface area contributed by atoms with Crippen LogP contribution in [0.1, 0.15) is 28.1 Å². The van der Waals surface area contributed by atoms with Crippen molar-refractivity contribution in [2.45, 2.75) is 26.8 Å². The molecule has 3 aromatic heterocycles. The van der Waals surface area contributed by atoms with E-state index in [0.29, 0.717) is 22.2 Å². The van der Waals surface area contributed by atoms with Gasteiger partial charge in [0.25, 0.3) is 5.56 Å². The first-order chi connectivity index (χ1) is 11.9. The minimum Gasteiger partial charge on any atom is -0.478 e. The van der Waals surface area contributed by atoms with Gasteiger partial charge in [-0.25, -0.2) is 9.78 Å². The molecule has 0 aliphatic heterocycles. The Morgan fingerprint density at radius 3 is 2.76 bits per heavy atom. The molecule has 3 aromatic rings. The first kappa shape index (κ1) is 17.2. The normalized spacial score (nSPS) is 11.0. The Kier molecular flexibility index (Phi) is 4.59. The summed E-state index contributed by atoms with van der Waals surface area (Å²) < 4.78 is 1.15. The second-order valence-corrected chi connectivity index (χ2v) is 7.01. The number of amides is 1. The van der Waals surface area contributed by atoms with Gasteiger partial charge in [-0.2, -0.15) is 0 Å². The van der Waals surface area contributed by atoms with Crippen molar-refractivity contribution in [3.63, 3.8) is 0 Å². The predicted octanol–water partition coefficient (Wildman–Crippen LogP) is 1.52. The molecular formula is C14H13N5O4S2. The van der Waals surface area contributed by atoms with Crippen LogP contribution >= 0.6 is 22.7 Å². The summed E-state index contributed by atoms with van der Waals surface area (Å²) >= 11 is 2.34. The summed E-state index contributed by atoms with van der Waals surface area (Å²) in [5.41, 5.74) is -0.661. The largest absolute Gasteiger partial charge is 0.478 e. The lowest BCUT2D eigenvalue weighted by atomic mass is 10.2. The monoisotopic (exact) mass is 379 g/mol. The summed E-state index contributed by atoms with van der Waals surface area (Å²) in [4.78, 5) is 40.7. The number of carboxylic acids is 1. The average molecular weight is 379 g/mol. The van der Waals surface area contributed by atoms with Crippen LogP contribution < -0.4 is 10.9 Å². The number of nitrogens with zero attached hydrogens (tertiary/aromatic N) is 4. The maximum Gasteiger partial charge on any atom is 0.337 e. The lowest BCUT2D eigenvalue weighted by molar-refractivity contribution is -0.116. The van der Waals surface area contributed by atoms with Gasteiger partial charge in [0.05, 0.1) is 10.9 Å². The summed E-state index contributed by atoms with van der Waals surface area (Å²) in [5.74, 6) is -1.33. The molecule has 3 heterocycles. The van der Waals surface area contributed by atoms with Crippen molar-refractivity contribution in [2.24, 2.45) is 0 Å². The van der Waals surface area contributed by atoms with Gasteiger partial charge in [-0.05, 0) is 13.3 Å². The third-order valence-corrected chi connectivity index (χ3v) is 5.29. The zero-order valence-corrected chi connectivity index (χ0v) is 14.9. The number of fused-ring (bicyclic) bond motifs is 1. The van der Waals surface area contributed by atoms with Crippen LogP contribution in [0.2, 0.25) is 0 Å². The molecule has 130 valence electrons. The van der Waals surface area contributed by atoms with Gasteiger partial charge in [0.15, 0.2) is 0 Å². The standard InChI is InChI=1S/C14H13N5O4S2/c1-3-9-17-18-14(25-9)16-8(20)4-19-6(2)15-11-10(12(19)21)7(5-24-11)13(22)23/h5H,3-4H2,1-2H3,(H,22,23)(H,16,18,20). The Labute approximate surface area is 149 Å². The number of rotatable bonds is 5. The molecule has 0 fully saturated rings. The first-order valence-corrected chi connectivity index (χ1v) is 8.94. The highest BCUT2D eigenvalue weighted by molar-refractivity contribution is 7.17. The van der Waals surface area contributed by atoms with Crippen molar-refractivity contribution < 1.29 is 14.7 Å². The summed E-state index contributed by atoms with van der Waals surface area (Å²) in [6.07, 6.45) is 0.711. The van der Waals surface area contributed by atoms with Crippen LogP contribution in [0.3, 0.4) is 0 Å². The molecule has 0 saturated carbocycles. The second-order valence-electron chi connectivity index (χ2n) is 5.09. The number of carbonyl (C=O) groups is 2. The van der Waals surface area contributed by atoms with Crippen molar-refractivity contribution in [1.29, 1.82) is 0 Å². The number of hydrogen-bond donors (Lipinski definition) is 2. The van der Waals surface area contributed by atoms with Crippen molar-refractivity contribution in [3.05, 3.63) is 32.1 Å². The smallest absolute Gasteiger partial charge is 0.337 e. The zero-order chi connectivity index (χ0) is 18.1. The Bertz CT molecular complexity index is 1040. The summed E-state index contributed by atoms with van der Waals surface area (Å²) in [7, 11) is 0. The Hall–Kier alpha value is -2.66. The number of aromatic carboxylic acids is 1. The molecule has 0 radical (unpaired) electrons. The number of carbonyl (C=O) groups excluding carboxylic acids is 1. The SMILES string of the molecule is CCc1nnc(NC(=O)Cn2c(C)nc3scc(C(=O)O)c3c2=O)s1. The van der Waals surface area contributed by atoms with Gasteiger partial charge in [-0.3, -0.25) is 19.5 Å². The number of anilines is 1. The molecule has 3 rings (SSSR count). The highest BCUT2D eigenvalue weighted by Gasteiger charge is 2.19. The van der Waals surface area contributed by atoms with E-state index in [1.807, 2.05) is 6.92 Å². The number of aryl methyl sites for hydroxylation is 2. The van der Waals surface area contributed by atoms with Gasteiger partial charge < -0.3 is 5.11 Å². The van der Waals surface area contributed by atoms with Gasteiger partial charge in [-0.15, -0.1) is 21.5 Å². The molecule has 0 spiro atoms. The molecule has 2 N–H and O–H groups in total. The fraction of sp³-hybridized carbons (Fsp3) is 0.286. The fourth-order valence-corrected chi connectivity index (χ4v) is 3.86. The van der Waals surface area contributed by atoms with Crippen LogP contribution in [0.25, 0.3) is 10.2 Å². The van der Waals surface area contributed by atoms with E-state index in [-0.39, 0.29) is 17.5 Å². The van der Waals surface area contributed by atoms with E-state index in [1.165, 1.54) is 16.7 Å². The topological polar surface area (TPSA) is 127 Å². The number of carboxylic acid groups (broad SMARTS) is 1. The summed E-state index contributed by atoms with van der Waals surface area (Å²) in [6.45, 7) is 3.23. The van der Waals surface area contributed by atoms with E-state index in [2.05, 4.69) is 20.5 Å². The Balaban J connectivity index is 1.92. The quantitative estimate of drug-likeness (QED) is 0.688. The fourth-order valence-electron chi connectivity index (χ4n) is 2.22. The van der Waals surface area contributed by atoms with E-state index in [0.717, 1.165) is 20.9 Å². The number of nitrogens with one attached hydrogen (secondary N) is 1. The van der Waals surface area contributed by atoms with Gasteiger partial charge in [0, 0.05) is 5.38 Å². The third kappa shape index (κ3) is 3.28. The maximum absolute atomic E-state index is 12.6. The van der Waals surface area contributed by atoms with Crippen molar-refractivity contribution >= 4 is 49.9 Å². The van der Waals surface area contributed by atoms with E-state index in [9.17, 15) is 19.5 Å². The molecule has 0 bridgehead atoms. The molecule has 0 aliphatic rings. The van der Waals surface area contributed by atoms with Gasteiger partial charge in [0.2, 0.25) is 11.0 Å². The molecular weight excluding hydrogens is 366 g/mol. The van der Waals surface area contributed by atoms with E-state index >= 15 is 0 Å². The lowest BCUT2D eigenvalue weighted by Crippen LogP contribution is -2.30. The van der Waals surface area contributed by atoms with Crippen LogP contribution in [0.4, 0.5) is 5.13 Å². The van der Waals surface area contributed by atoms with Crippen molar-refractivity contribution in [3.8, 4) is 0 Å². The van der Waals surface area contributed by atoms with Gasteiger partial charge in [0.1, 0.15) is 22.2 Å². The van der Waals surface area contributed by atoms with Gasteiger partial charge >= 0.3 is 5.97 Å². The van der Waals surface area contributed by atoms with E-state index in [1.54, 1.807) is 6.92 Å². The summed E-state index contributed by atoms with van der Waals surface area (Å²) in [5, 5.41) is 22.1. The molecule has 0 aliphatic carbocycles. The molecule has 25 heavy (non-hydrogen) atoms. The Morgan fingerprint density at radius 1 is 1.36 bits per heavy atom. The van der Waals surface area contributed by atoms with Crippen LogP contribution in [-0.2, 0) is 17.8 Å². The molecule has 11 heteroatoms. The lowest BCUT2D eigenvalue weighted by Gasteiger charge is -2.09. The van der Waals surface area contributed by atoms with E-state index < -0.39 is 17.4 Å². The number of thiophene rings is 1. The number of hydrogen-bond acceptors (Lipinski definition) is 8. The predicted molar refractivity (Wildman–Crippen MR) is 93.5 cm³/mol. The summed E-state index contributed by atoms with van der Waals surface area (Å²) in [6, 6.07) is 0. The third-order valence-electron chi connectivity index (χ3n) is 3.43. The second kappa shape index (κ2) is 6.69.